The average Bonchev–Trinajstić information content (AvgIpc) is 2.93. The van der Waals surface area contributed by atoms with Crippen molar-refractivity contribution < 1.29 is 15.0 Å². The summed E-state index contributed by atoms with van der Waals surface area (Å²) in [5, 5.41) is 23.3. The summed E-state index contributed by atoms with van der Waals surface area (Å²) in [5.74, 6) is 5.39. The number of fused-ring (bicyclic) bond motifs is 1. The molecule has 2 heterocycles. The molecule has 0 fully saturated rings. The third-order valence-electron chi connectivity index (χ3n) is 3.69. The number of thiophene rings is 1. The van der Waals surface area contributed by atoms with E-state index in [-0.39, 0.29) is 12.2 Å². The van der Waals surface area contributed by atoms with Gasteiger partial charge in [-0.3, -0.25) is 0 Å². The molecule has 0 aliphatic rings. The number of rotatable bonds is 5. The molecule has 0 aliphatic heterocycles. The fourth-order valence-corrected chi connectivity index (χ4v) is 4.57. The molecule has 6 nitrogen and oxygen atoms in total. The smallest absolute Gasteiger partial charge is 0.326 e. The average molecular weight is 479 g/mol. The highest BCUT2D eigenvalue weighted by Gasteiger charge is 2.23. The van der Waals surface area contributed by atoms with Crippen molar-refractivity contribution in [2.45, 2.75) is 19.4 Å². The van der Waals surface area contributed by atoms with Crippen LogP contribution in [0.4, 0.5) is 5.82 Å². The van der Waals surface area contributed by atoms with Crippen LogP contribution in [-0.4, -0.2) is 32.2 Å². The maximum absolute atomic E-state index is 11.7. The largest absolute Gasteiger partial charge is 0.508 e. The minimum absolute atomic E-state index is 0.0685. The first-order chi connectivity index (χ1) is 12.5. The lowest BCUT2D eigenvalue weighted by molar-refractivity contribution is -0.137. The van der Waals surface area contributed by atoms with Gasteiger partial charge >= 0.3 is 5.97 Å². The van der Waals surface area contributed by atoms with Gasteiger partial charge in [0.05, 0.1) is 13.8 Å². The van der Waals surface area contributed by atoms with E-state index in [1.807, 2.05) is 0 Å². The maximum atomic E-state index is 11.7. The number of hydrogen-bond donors (Lipinski definition) is 3. The van der Waals surface area contributed by atoms with Gasteiger partial charge in [0.15, 0.2) is 0 Å². The van der Waals surface area contributed by atoms with Gasteiger partial charge in [0.2, 0.25) is 0 Å². The molecular formula is C18H14IN3O3S. The van der Waals surface area contributed by atoms with Gasteiger partial charge in [0.25, 0.3) is 0 Å². The number of phenolic OH excluding ortho intramolecular Hbond substituents is 1. The Morgan fingerprint density at radius 1 is 1.38 bits per heavy atom. The number of hydrogen-bond acceptors (Lipinski definition) is 6. The van der Waals surface area contributed by atoms with Crippen LogP contribution in [0.3, 0.4) is 0 Å². The number of carbonyl (C=O) groups is 1. The van der Waals surface area contributed by atoms with Crippen molar-refractivity contribution in [2.24, 2.45) is 0 Å². The lowest BCUT2D eigenvalue weighted by Gasteiger charge is -2.16. The Kier molecular flexibility index (Phi) is 5.58. The van der Waals surface area contributed by atoms with Gasteiger partial charge in [-0.05, 0) is 41.1 Å². The number of nitrogens with zero attached hydrogens (tertiary/aromatic N) is 2. The molecule has 3 aromatic rings. The minimum atomic E-state index is -1.03. The Balaban J connectivity index is 1.98. The van der Waals surface area contributed by atoms with Crippen molar-refractivity contribution in [3.8, 4) is 17.6 Å². The molecule has 8 heteroatoms. The fourth-order valence-electron chi connectivity index (χ4n) is 2.47. The summed E-state index contributed by atoms with van der Waals surface area (Å²) in [5.41, 5.74) is 0.551. The van der Waals surface area contributed by atoms with Crippen LogP contribution in [0, 0.1) is 15.4 Å². The highest BCUT2D eigenvalue weighted by molar-refractivity contribution is 14.1. The monoisotopic (exact) mass is 479 g/mol. The predicted molar refractivity (Wildman–Crippen MR) is 110 cm³/mol. The van der Waals surface area contributed by atoms with E-state index < -0.39 is 12.0 Å². The fraction of sp³-hybridized carbons (Fsp3) is 0.167. The number of carboxylic acid groups (broad SMARTS) is 1. The SMILES string of the molecule is CC#Cc1sc2ncnc(N[C@H](Cc3ccccc3O)C(=O)O)c2c1I. The van der Waals surface area contributed by atoms with Crippen molar-refractivity contribution in [2.75, 3.05) is 5.32 Å². The first kappa shape index (κ1) is 18.4. The summed E-state index contributed by atoms with van der Waals surface area (Å²) in [6, 6.07) is 5.74. The van der Waals surface area contributed by atoms with E-state index in [9.17, 15) is 15.0 Å². The summed E-state index contributed by atoms with van der Waals surface area (Å²) in [4.78, 5) is 21.9. The standard InChI is InChI=1S/C18H14IN3O3S/c1-2-5-13-15(19)14-16(20-9-21-17(14)26-13)22-11(18(24)25)8-10-6-3-4-7-12(10)23/h3-4,6-7,9,11,23H,8H2,1H3,(H,24,25)(H,20,21,22)/t11-/m1/s1. The number of phenols is 1. The van der Waals surface area contributed by atoms with Crippen molar-refractivity contribution >= 4 is 55.9 Å². The molecule has 0 amide bonds. The summed E-state index contributed by atoms with van der Waals surface area (Å²) < 4.78 is 0.895. The van der Waals surface area contributed by atoms with Gasteiger partial charge in [-0.25, -0.2) is 14.8 Å². The Bertz CT molecular complexity index is 1040. The van der Waals surface area contributed by atoms with E-state index >= 15 is 0 Å². The molecule has 0 unspecified atom stereocenters. The Labute approximate surface area is 167 Å². The highest BCUT2D eigenvalue weighted by Crippen LogP contribution is 2.34. The number of anilines is 1. The number of aromatic hydroxyl groups is 1. The Morgan fingerprint density at radius 2 is 2.15 bits per heavy atom. The van der Waals surface area contributed by atoms with Gasteiger partial charge in [-0.15, -0.1) is 17.3 Å². The quantitative estimate of drug-likeness (QED) is 0.383. The molecule has 0 saturated heterocycles. The summed E-state index contributed by atoms with van der Waals surface area (Å²) in [6.45, 7) is 1.76. The van der Waals surface area contributed by atoms with Crippen LogP contribution >= 0.6 is 33.9 Å². The zero-order chi connectivity index (χ0) is 18.7. The van der Waals surface area contributed by atoms with Crippen LogP contribution in [0.2, 0.25) is 0 Å². The van der Waals surface area contributed by atoms with E-state index in [1.165, 1.54) is 23.7 Å². The number of aliphatic carboxylic acids is 1. The Hall–Kier alpha value is -2.38. The number of carboxylic acids is 1. The van der Waals surface area contributed by atoms with Crippen molar-refractivity contribution in [3.05, 3.63) is 44.6 Å². The van der Waals surface area contributed by atoms with Crippen LogP contribution < -0.4 is 5.32 Å². The van der Waals surface area contributed by atoms with Crippen molar-refractivity contribution in [3.63, 3.8) is 0 Å². The molecule has 3 N–H and O–H groups in total. The normalized spacial score (nSPS) is 11.6. The van der Waals surface area contributed by atoms with Crippen LogP contribution in [0.25, 0.3) is 10.2 Å². The second-order valence-electron chi connectivity index (χ2n) is 5.39. The molecule has 26 heavy (non-hydrogen) atoms. The highest BCUT2D eigenvalue weighted by atomic mass is 127. The van der Waals surface area contributed by atoms with Crippen LogP contribution in [0.5, 0.6) is 5.75 Å². The molecule has 0 saturated carbocycles. The Morgan fingerprint density at radius 3 is 2.85 bits per heavy atom. The van der Waals surface area contributed by atoms with Gasteiger partial charge < -0.3 is 15.5 Å². The molecule has 0 bridgehead atoms. The number of nitrogens with one attached hydrogen (secondary N) is 1. The second kappa shape index (κ2) is 7.88. The van der Waals surface area contributed by atoms with Crippen LogP contribution in [0.1, 0.15) is 17.4 Å². The molecule has 1 atom stereocenters. The minimum Gasteiger partial charge on any atom is -0.508 e. The molecular weight excluding hydrogens is 465 g/mol. The number of halogens is 1. The van der Waals surface area contributed by atoms with E-state index in [4.69, 9.17) is 0 Å². The number of aromatic nitrogens is 2. The number of para-hydroxylation sites is 1. The summed E-state index contributed by atoms with van der Waals surface area (Å²) in [7, 11) is 0. The molecule has 3 rings (SSSR count). The lowest BCUT2D eigenvalue weighted by Crippen LogP contribution is -2.32. The first-order valence-electron chi connectivity index (χ1n) is 7.63. The maximum Gasteiger partial charge on any atom is 0.326 e. The van der Waals surface area contributed by atoms with Crippen LogP contribution in [0.15, 0.2) is 30.6 Å². The first-order valence-corrected chi connectivity index (χ1v) is 9.52. The zero-order valence-electron chi connectivity index (χ0n) is 13.7. The molecule has 132 valence electrons. The van der Waals surface area contributed by atoms with Crippen LogP contribution in [-0.2, 0) is 11.2 Å². The molecule has 0 spiro atoms. The summed E-state index contributed by atoms with van der Waals surface area (Å²) >= 11 is 3.62. The van der Waals surface area contributed by atoms with Gasteiger partial charge in [-0.1, -0.05) is 24.1 Å². The molecule has 0 aliphatic carbocycles. The van der Waals surface area contributed by atoms with E-state index in [2.05, 4.69) is 49.7 Å². The predicted octanol–water partition coefficient (Wildman–Crippen LogP) is 3.48. The third-order valence-corrected chi connectivity index (χ3v) is 6.15. The summed E-state index contributed by atoms with van der Waals surface area (Å²) in [6.07, 6.45) is 1.52. The number of benzene rings is 1. The zero-order valence-corrected chi connectivity index (χ0v) is 16.6. The van der Waals surface area contributed by atoms with E-state index in [0.29, 0.717) is 11.4 Å². The molecule has 2 aromatic heterocycles. The van der Waals surface area contributed by atoms with Gasteiger partial charge in [0.1, 0.15) is 28.8 Å². The third kappa shape index (κ3) is 3.73. The van der Waals surface area contributed by atoms with Gasteiger partial charge in [0, 0.05) is 6.42 Å². The second-order valence-corrected chi connectivity index (χ2v) is 7.47. The lowest BCUT2D eigenvalue weighted by atomic mass is 10.0. The van der Waals surface area contributed by atoms with E-state index in [0.717, 1.165) is 18.7 Å². The van der Waals surface area contributed by atoms with Crippen molar-refractivity contribution in [1.82, 2.24) is 9.97 Å². The van der Waals surface area contributed by atoms with Gasteiger partial charge in [-0.2, -0.15) is 0 Å². The van der Waals surface area contributed by atoms with Crippen molar-refractivity contribution in [1.29, 1.82) is 0 Å². The topological polar surface area (TPSA) is 95.3 Å². The molecule has 0 radical (unpaired) electrons. The van der Waals surface area contributed by atoms with E-state index in [1.54, 1.807) is 25.1 Å². The molecule has 1 aromatic carbocycles.